The molecule has 8 nitrogen and oxygen atoms in total. The van der Waals surface area contributed by atoms with E-state index in [-0.39, 0.29) is 23.9 Å². The third-order valence-electron chi connectivity index (χ3n) is 7.14. The number of hydrogen-bond donors (Lipinski definition) is 4. The van der Waals surface area contributed by atoms with Gasteiger partial charge in [0.1, 0.15) is 18.0 Å². The van der Waals surface area contributed by atoms with Crippen molar-refractivity contribution in [3.05, 3.63) is 77.2 Å². The zero-order valence-electron chi connectivity index (χ0n) is 22.6. The summed E-state index contributed by atoms with van der Waals surface area (Å²) in [7, 11) is 1.60. The minimum atomic E-state index is -0.558. The predicted octanol–water partition coefficient (Wildman–Crippen LogP) is 3.63. The number of amides is 2. The van der Waals surface area contributed by atoms with Crippen molar-refractivity contribution in [3.8, 4) is 5.69 Å². The highest BCUT2D eigenvalue weighted by atomic mass is 19.1. The molecule has 39 heavy (non-hydrogen) atoms. The van der Waals surface area contributed by atoms with Crippen molar-refractivity contribution >= 4 is 17.6 Å². The molecule has 208 valence electrons. The lowest BCUT2D eigenvalue weighted by atomic mass is 9.87. The molecule has 1 aliphatic rings. The number of hydrogen-bond acceptors (Lipinski definition) is 5. The zero-order chi connectivity index (χ0) is 27.9. The van der Waals surface area contributed by atoms with Gasteiger partial charge in [-0.3, -0.25) is 9.59 Å². The Hall–Kier alpha value is -3.63. The topological polar surface area (TPSA) is 100 Å². The molecule has 0 saturated carbocycles. The third-order valence-corrected chi connectivity index (χ3v) is 7.14. The Kier molecular flexibility index (Phi) is 9.42. The number of halogens is 2. The fourth-order valence-electron chi connectivity index (χ4n) is 5.01. The van der Waals surface area contributed by atoms with Crippen molar-refractivity contribution in [2.45, 2.75) is 70.6 Å². The Balaban J connectivity index is 1.41. The molecular formula is C29H36F2N6O2. The SMILES string of the molecule is CCC[C@H](N[C@H]1CCc2cc(F)cc(F)c2C1)C(=O)Nc1cn(-c2ccccc2CN[C@@H](C)C(=O)NC)cn1. The van der Waals surface area contributed by atoms with E-state index in [1.807, 2.05) is 35.8 Å². The number of nitrogens with one attached hydrogen (secondary N) is 4. The van der Waals surface area contributed by atoms with Crippen LogP contribution in [0.5, 0.6) is 0 Å². The van der Waals surface area contributed by atoms with E-state index in [1.165, 1.54) is 6.07 Å². The summed E-state index contributed by atoms with van der Waals surface area (Å²) >= 11 is 0. The molecule has 3 aromatic rings. The van der Waals surface area contributed by atoms with Crippen LogP contribution in [0.15, 0.2) is 48.9 Å². The van der Waals surface area contributed by atoms with Crippen LogP contribution < -0.4 is 21.3 Å². The van der Waals surface area contributed by atoms with Crippen LogP contribution in [0.1, 0.15) is 49.8 Å². The van der Waals surface area contributed by atoms with Crippen LogP contribution in [0, 0.1) is 11.6 Å². The average Bonchev–Trinajstić information content (AvgIpc) is 3.39. The smallest absolute Gasteiger partial charge is 0.242 e. The Bertz CT molecular complexity index is 1310. The fraction of sp³-hybridized carbons (Fsp3) is 0.414. The Morgan fingerprint density at radius 2 is 1.97 bits per heavy atom. The van der Waals surface area contributed by atoms with Gasteiger partial charge in [-0.15, -0.1) is 0 Å². The molecule has 3 atom stereocenters. The monoisotopic (exact) mass is 538 g/mol. The molecule has 4 rings (SSSR count). The van der Waals surface area contributed by atoms with E-state index in [0.717, 1.165) is 23.7 Å². The number of fused-ring (bicyclic) bond motifs is 1. The van der Waals surface area contributed by atoms with Crippen LogP contribution >= 0.6 is 0 Å². The van der Waals surface area contributed by atoms with Gasteiger partial charge in [-0.05, 0) is 61.4 Å². The molecule has 1 aliphatic carbocycles. The highest BCUT2D eigenvalue weighted by Crippen LogP contribution is 2.26. The summed E-state index contributed by atoms with van der Waals surface area (Å²) in [6.07, 6.45) is 6.45. The van der Waals surface area contributed by atoms with Crippen molar-refractivity contribution < 1.29 is 18.4 Å². The molecule has 0 saturated heterocycles. The number of likely N-dealkylation sites (N-methyl/N-ethyl adjacent to an activating group) is 1. The maximum atomic E-state index is 14.4. The van der Waals surface area contributed by atoms with Crippen LogP contribution in [0.4, 0.5) is 14.6 Å². The Labute approximate surface area is 227 Å². The van der Waals surface area contributed by atoms with Gasteiger partial charge >= 0.3 is 0 Å². The third kappa shape index (κ3) is 7.07. The van der Waals surface area contributed by atoms with Crippen molar-refractivity contribution in [1.29, 1.82) is 0 Å². The molecule has 4 N–H and O–H groups in total. The van der Waals surface area contributed by atoms with E-state index < -0.39 is 17.7 Å². The van der Waals surface area contributed by atoms with Crippen LogP contribution in [0.25, 0.3) is 5.69 Å². The number of anilines is 1. The second-order valence-corrected chi connectivity index (χ2v) is 9.97. The molecule has 0 fully saturated rings. The predicted molar refractivity (Wildman–Crippen MR) is 147 cm³/mol. The number of aromatic nitrogens is 2. The molecule has 2 aromatic carbocycles. The molecule has 2 amide bonds. The number of imidazole rings is 1. The quantitative estimate of drug-likeness (QED) is 0.299. The van der Waals surface area contributed by atoms with Gasteiger partial charge in [0.05, 0.1) is 24.0 Å². The summed E-state index contributed by atoms with van der Waals surface area (Å²) in [5.74, 6) is -0.969. The van der Waals surface area contributed by atoms with E-state index in [1.54, 1.807) is 26.5 Å². The Morgan fingerprint density at radius 3 is 2.74 bits per heavy atom. The Morgan fingerprint density at radius 1 is 1.18 bits per heavy atom. The van der Waals surface area contributed by atoms with Crippen molar-refractivity contribution in [1.82, 2.24) is 25.5 Å². The molecular weight excluding hydrogens is 502 g/mol. The van der Waals surface area contributed by atoms with E-state index in [0.29, 0.717) is 49.2 Å². The van der Waals surface area contributed by atoms with E-state index in [2.05, 4.69) is 26.3 Å². The van der Waals surface area contributed by atoms with E-state index >= 15 is 0 Å². The first-order valence-electron chi connectivity index (χ1n) is 13.4. The summed E-state index contributed by atoms with van der Waals surface area (Å²) in [6.45, 7) is 4.28. The number of carbonyl (C=O) groups excluding carboxylic acids is 2. The summed E-state index contributed by atoms with van der Waals surface area (Å²) < 4.78 is 29.8. The summed E-state index contributed by atoms with van der Waals surface area (Å²) in [4.78, 5) is 29.4. The molecule has 0 aliphatic heterocycles. The maximum absolute atomic E-state index is 14.4. The molecule has 0 radical (unpaired) electrons. The van der Waals surface area contributed by atoms with Crippen LogP contribution in [0.3, 0.4) is 0 Å². The van der Waals surface area contributed by atoms with Crippen LogP contribution in [0.2, 0.25) is 0 Å². The zero-order valence-corrected chi connectivity index (χ0v) is 22.6. The maximum Gasteiger partial charge on any atom is 0.242 e. The molecule has 0 unspecified atom stereocenters. The second kappa shape index (κ2) is 12.9. The van der Waals surface area contributed by atoms with Crippen molar-refractivity contribution in [2.75, 3.05) is 12.4 Å². The minimum absolute atomic E-state index is 0.0890. The number of para-hydroxylation sites is 1. The van der Waals surface area contributed by atoms with Gasteiger partial charge < -0.3 is 25.8 Å². The minimum Gasteiger partial charge on any atom is -0.358 e. The fourth-order valence-corrected chi connectivity index (χ4v) is 5.01. The number of carbonyl (C=O) groups is 2. The van der Waals surface area contributed by atoms with Crippen LogP contribution in [-0.2, 0) is 29.0 Å². The highest BCUT2D eigenvalue weighted by Gasteiger charge is 2.27. The first kappa shape index (κ1) is 28.4. The first-order chi connectivity index (χ1) is 18.8. The van der Waals surface area contributed by atoms with E-state index in [9.17, 15) is 18.4 Å². The lowest BCUT2D eigenvalue weighted by Crippen LogP contribution is -2.48. The molecule has 10 heteroatoms. The average molecular weight is 539 g/mol. The molecule has 0 spiro atoms. The highest BCUT2D eigenvalue weighted by molar-refractivity contribution is 5.94. The summed E-state index contributed by atoms with van der Waals surface area (Å²) in [6, 6.07) is 9.17. The lowest BCUT2D eigenvalue weighted by molar-refractivity contribution is -0.122. The summed E-state index contributed by atoms with van der Waals surface area (Å²) in [5.41, 5.74) is 3.07. The van der Waals surface area contributed by atoms with Crippen LogP contribution in [-0.4, -0.2) is 46.5 Å². The van der Waals surface area contributed by atoms with Gasteiger partial charge in [0.2, 0.25) is 11.8 Å². The number of rotatable bonds is 11. The van der Waals surface area contributed by atoms with Gasteiger partial charge in [-0.2, -0.15) is 0 Å². The second-order valence-electron chi connectivity index (χ2n) is 9.97. The lowest BCUT2D eigenvalue weighted by Gasteiger charge is -2.29. The molecule has 1 aromatic heterocycles. The van der Waals surface area contributed by atoms with E-state index in [4.69, 9.17) is 0 Å². The number of benzene rings is 2. The molecule has 1 heterocycles. The molecule has 0 bridgehead atoms. The first-order valence-corrected chi connectivity index (χ1v) is 13.4. The standard InChI is InChI=1S/C29H36F2N6O2/c1-4-7-25(35-22-11-10-19-12-21(30)13-24(31)23(19)14-22)29(39)36-27-16-37(17-34-27)26-9-6-5-8-20(26)15-33-18(2)28(38)32-3/h5-6,8-9,12-13,16-18,22,25,33,35H,4,7,10-11,14-15H2,1-3H3,(H,32,38)(H,36,39)/t18-,22-,25-/m0/s1. The van der Waals surface area contributed by atoms with Crippen molar-refractivity contribution in [2.24, 2.45) is 0 Å². The number of aryl methyl sites for hydroxylation is 1. The van der Waals surface area contributed by atoms with Gasteiger partial charge in [0.15, 0.2) is 5.82 Å². The van der Waals surface area contributed by atoms with Gasteiger partial charge in [-0.1, -0.05) is 31.5 Å². The van der Waals surface area contributed by atoms with Gasteiger partial charge in [0.25, 0.3) is 0 Å². The summed E-state index contributed by atoms with van der Waals surface area (Å²) in [5, 5.41) is 12.2. The number of nitrogens with zero attached hydrogens (tertiary/aromatic N) is 2. The van der Waals surface area contributed by atoms with Gasteiger partial charge in [-0.25, -0.2) is 13.8 Å². The largest absolute Gasteiger partial charge is 0.358 e. The van der Waals surface area contributed by atoms with Gasteiger partial charge in [0, 0.05) is 25.7 Å². The van der Waals surface area contributed by atoms with Crippen molar-refractivity contribution in [3.63, 3.8) is 0 Å². The normalized spacial score (nSPS) is 16.3.